The van der Waals surface area contributed by atoms with Gasteiger partial charge in [0.25, 0.3) is 0 Å². The molecule has 0 spiro atoms. The van der Waals surface area contributed by atoms with Crippen LogP contribution in [0.15, 0.2) is 0 Å². The molecule has 1 fully saturated rings. The minimum Gasteiger partial charge on any atom is -0.350 e. The maximum atomic E-state index is 6.02. The molecule has 1 heterocycles. The highest BCUT2D eigenvalue weighted by Gasteiger charge is 2.31. The first-order chi connectivity index (χ1) is 8.33. The molecule has 0 aromatic heterocycles. The van der Waals surface area contributed by atoms with Gasteiger partial charge in [0.05, 0.1) is 13.2 Å². The van der Waals surface area contributed by atoms with Gasteiger partial charge in [-0.1, -0.05) is 46.0 Å². The van der Waals surface area contributed by atoms with E-state index in [4.69, 9.17) is 9.47 Å². The normalized spacial score (nSPS) is 20.1. The molecule has 1 aliphatic heterocycles. The molecule has 0 radical (unpaired) electrons. The van der Waals surface area contributed by atoms with Crippen LogP contribution in [0.25, 0.3) is 0 Å². The fourth-order valence-electron chi connectivity index (χ4n) is 2.55. The van der Waals surface area contributed by atoms with Gasteiger partial charge in [0.2, 0.25) is 0 Å². The van der Waals surface area contributed by atoms with Gasteiger partial charge in [-0.25, -0.2) is 0 Å². The summed E-state index contributed by atoms with van der Waals surface area (Å²) >= 11 is 0. The Kier molecular flexibility index (Phi) is 7.87. The van der Waals surface area contributed by atoms with Crippen molar-refractivity contribution in [3.63, 3.8) is 0 Å². The maximum Gasteiger partial charge on any atom is 0.168 e. The van der Waals surface area contributed by atoms with Crippen molar-refractivity contribution in [2.75, 3.05) is 13.2 Å². The number of unbranched alkanes of at least 4 members (excludes halogenated alkanes) is 4. The summed E-state index contributed by atoms with van der Waals surface area (Å²) in [5.74, 6) is -0.239. The van der Waals surface area contributed by atoms with Crippen molar-refractivity contribution >= 4 is 0 Å². The summed E-state index contributed by atoms with van der Waals surface area (Å²) in [5.41, 5.74) is 0. The van der Waals surface area contributed by atoms with Crippen molar-refractivity contribution in [2.24, 2.45) is 0 Å². The molecule has 1 aliphatic rings. The van der Waals surface area contributed by atoms with Crippen LogP contribution in [-0.4, -0.2) is 19.0 Å². The lowest BCUT2D eigenvalue weighted by atomic mass is 10.0. The van der Waals surface area contributed by atoms with Crippen LogP contribution in [0.1, 0.15) is 78.1 Å². The molecule has 0 aromatic rings. The standard InChI is InChI=1S/C15H30O2/c1-3-5-6-7-8-12-15(11-4-2)16-13-9-10-14-17-15/h3-14H2,1-2H3. The lowest BCUT2D eigenvalue weighted by Crippen LogP contribution is -2.35. The van der Waals surface area contributed by atoms with Gasteiger partial charge in [-0.05, 0) is 19.3 Å². The third-order valence-corrected chi connectivity index (χ3v) is 3.56. The molecule has 0 aliphatic carbocycles. The van der Waals surface area contributed by atoms with E-state index in [2.05, 4.69) is 13.8 Å². The quantitative estimate of drug-likeness (QED) is 0.576. The van der Waals surface area contributed by atoms with Gasteiger partial charge >= 0.3 is 0 Å². The second-order valence-corrected chi connectivity index (χ2v) is 5.23. The summed E-state index contributed by atoms with van der Waals surface area (Å²) in [6.45, 7) is 6.25. The van der Waals surface area contributed by atoms with Gasteiger partial charge in [0.15, 0.2) is 5.79 Å². The highest BCUT2D eigenvalue weighted by atomic mass is 16.7. The van der Waals surface area contributed by atoms with Crippen molar-refractivity contribution in [2.45, 2.75) is 83.8 Å². The molecule has 0 amide bonds. The summed E-state index contributed by atoms with van der Waals surface area (Å²) in [5, 5.41) is 0. The van der Waals surface area contributed by atoms with Crippen LogP contribution in [0.4, 0.5) is 0 Å². The maximum absolute atomic E-state index is 6.02. The Bertz CT molecular complexity index is 172. The van der Waals surface area contributed by atoms with E-state index < -0.39 is 0 Å². The van der Waals surface area contributed by atoms with Crippen LogP contribution in [-0.2, 0) is 9.47 Å². The fraction of sp³-hybridized carbons (Fsp3) is 1.00. The number of hydrogen-bond acceptors (Lipinski definition) is 2. The first-order valence-electron chi connectivity index (χ1n) is 7.61. The second kappa shape index (κ2) is 8.93. The predicted octanol–water partition coefficient (Wildman–Crippen LogP) is 4.67. The van der Waals surface area contributed by atoms with Crippen LogP contribution < -0.4 is 0 Å². The number of hydrogen-bond donors (Lipinski definition) is 0. The highest BCUT2D eigenvalue weighted by Crippen LogP contribution is 2.29. The second-order valence-electron chi connectivity index (χ2n) is 5.23. The number of ether oxygens (including phenoxy) is 2. The molecule has 0 unspecified atom stereocenters. The molecule has 0 aromatic carbocycles. The summed E-state index contributed by atoms with van der Waals surface area (Å²) in [7, 11) is 0. The fourth-order valence-corrected chi connectivity index (χ4v) is 2.55. The molecular weight excluding hydrogens is 212 g/mol. The van der Waals surface area contributed by atoms with Crippen LogP contribution in [0.3, 0.4) is 0 Å². The molecule has 0 atom stereocenters. The molecule has 2 nitrogen and oxygen atoms in total. The summed E-state index contributed by atoms with van der Waals surface area (Å²) < 4.78 is 12.0. The van der Waals surface area contributed by atoms with E-state index in [-0.39, 0.29) is 5.79 Å². The Labute approximate surface area is 107 Å². The lowest BCUT2D eigenvalue weighted by Gasteiger charge is -2.32. The first kappa shape index (κ1) is 15.0. The Morgan fingerprint density at radius 2 is 1.41 bits per heavy atom. The Balaban J connectivity index is 2.29. The van der Waals surface area contributed by atoms with E-state index in [0.29, 0.717) is 0 Å². The van der Waals surface area contributed by atoms with Gasteiger partial charge in [0.1, 0.15) is 0 Å². The minimum atomic E-state index is -0.239. The molecule has 0 N–H and O–H groups in total. The van der Waals surface area contributed by atoms with Crippen LogP contribution in [0.2, 0.25) is 0 Å². The van der Waals surface area contributed by atoms with E-state index in [9.17, 15) is 0 Å². The van der Waals surface area contributed by atoms with E-state index in [0.717, 1.165) is 45.3 Å². The first-order valence-corrected chi connectivity index (χ1v) is 7.61. The lowest BCUT2D eigenvalue weighted by molar-refractivity contribution is -0.234. The van der Waals surface area contributed by atoms with Gasteiger partial charge in [-0.3, -0.25) is 0 Å². The van der Waals surface area contributed by atoms with Gasteiger partial charge in [-0.2, -0.15) is 0 Å². The van der Waals surface area contributed by atoms with Crippen molar-refractivity contribution in [1.29, 1.82) is 0 Å². The largest absolute Gasteiger partial charge is 0.350 e. The zero-order chi connectivity index (χ0) is 12.4. The summed E-state index contributed by atoms with van der Waals surface area (Å²) in [4.78, 5) is 0. The Morgan fingerprint density at radius 3 is 2.00 bits per heavy atom. The predicted molar refractivity (Wildman–Crippen MR) is 72.2 cm³/mol. The SMILES string of the molecule is CCCCCCCC1(CCC)OCCCCO1. The zero-order valence-electron chi connectivity index (χ0n) is 11.8. The van der Waals surface area contributed by atoms with Gasteiger partial charge in [-0.15, -0.1) is 0 Å². The monoisotopic (exact) mass is 242 g/mol. The average Bonchev–Trinajstić information content (AvgIpc) is 2.56. The van der Waals surface area contributed by atoms with E-state index >= 15 is 0 Å². The van der Waals surface area contributed by atoms with Crippen molar-refractivity contribution < 1.29 is 9.47 Å². The van der Waals surface area contributed by atoms with E-state index in [1.807, 2.05) is 0 Å². The Morgan fingerprint density at radius 1 is 0.765 bits per heavy atom. The topological polar surface area (TPSA) is 18.5 Å². The van der Waals surface area contributed by atoms with Gasteiger partial charge in [0, 0.05) is 12.8 Å². The van der Waals surface area contributed by atoms with Crippen molar-refractivity contribution in [3.05, 3.63) is 0 Å². The molecule has 1 saturated heterocycles. The zero-order valence-corrected chi connectivity index (χ0v) is 11.8. The molecule has 17 heavy (non-hydrogen) atoms. The van der Waals surface area contributed by atoms with E-state index in [1.54, 1.807) is 0 Å². The van der Waals surface area contributed by atoms with Crippen molar-refractivity contribution in [3.8, 4) is 0 Å². The summed E-state index contributed by atoms with van der Waals surface area (Å²) in [6, 6.07) is 0. The smallest absolute Gasteiger partial charge is 0.168 e. The molecular formula is C15H30O2. The van der Waals surface area contributed by atoms with Crippen molar-refractivity contribution in [1.82, 2.24) is 0 Å². The van der Waals surface area contributed by atoms with Crippen LogP contribution in [0.5, 0.6) is 0 Å². The van der Waals surface area contributed by atoms with E-state index in [1.165, 1.54) is 32.1 Å². The highest BCUT2D eigenvalue weighted by molar-refractivity contribution is 4.72. The third-order valence-electron chi connectivity index (χ3n) is 3.56. The summed E-state index contributed by atoms with van der Waals surface area (Å²) in [6.07, 6.45) is 12.2. The Hall–Kier alpha value is -0.0800. The molecule has 2 heteroatoms. The molecule has 0 bridgehead atoms. The molecule has 1 rings (SSSR count). The van der Waals surface area contributed by atoms with Gasteiger partial charge < -0.3 is 9.47 Å². The minimum absolute atomic E-state index is 0.239. The van der Waals surface area contributed by atoms with Crippen LogP contribution >= 0.6 is 0 Å². The van der Waals surface area contributed by atoms with Crippen LogP contribution in [0, 0.1) is 0 Å². The average molecular weight is 242 g/mol. The molecule has 102 valence electrons. The molecule has 0 saturated carbocycles. The number of rotatable bonds is 8. The third kappa shape index (κ3) is 5.87.